The number of primary amides is 1. The Balaban J connectivity index is 2.01. The van der Waals surface area contributed by atoms with Crippen LogP contribution in [0.2, 0.25) is 0 Å². The second-order valence-electron chi connectivity index (χ2n) is 8.86. The van der Waals surface area contributed by atoms with Gasteiger partial charge < -0.3 is 26.2 Å². The summed E-state index contributed by atoms with van der Waals surface area (Å²) >= 11 is 0. The first-order valence-corrected chi connectivity index (χ1v) is 9.82. The normalized spacial score (nSPS) is 34.8. The Morgan fingerprint density at radius 2 is 1.84 bits per heavy atom. The number of hydrogen-bond acceptors (Lipinski definition) is 8. The predicted molar refractivity (Wildman–Crippen MR) is 108 cm³/mol. The van der Waals surface area contributed by atoms with Gasteiger partial charge in [-0.2, -0.15) is 0 Å². The third-order valence-corrected chi connectivity index (χ3v) is 6.88. The van der Waals surface area contributed by atoms with E-state index in [4.69, 9.17) is 5.73 Å². The van der Waals surface area contributed by atoms with E-state index in [1.165, 1.54) is 24.0 Å². The minimum Gasteiger partial charge on any atom is -0.508 e. The van der Waals surface area contributed by atoms with Crippen LogP contribution < -0.4 is 5.73 Å². The molecule has 3 aliphatic carbocycles. The molecule has 0 aliphatic heterocycles. The summed E-state index contributed by atoms with van der Waals surface area (Å²) in [5.41, 5.74) is 0.900. The highest BCUT2D eigenvalue weighted by atomic mass is 16.3. The lowest BCUT2D eigenvalue weighted by Crippen LogP contribution is -2.62. The summed E-state index contributed by atoms with van der Waals surface area (Å²) in [5, 5.41) is 43.9. The first-order chi connectivity index (χ1) is 14.3. The molecule has 1 amide bonds. The summed E-state index contributed by atoms with van der Waals surface area (Å²) in [6.07, 6.45) is 1.06. The Morgan fingerprint density at radius 1 is 1.19 bits per heavy atom. The smallest absolute Gasteiger partial charge is 0.255 e. The maximum absolute atomic E-state index is 13.3. The molecule has 6 N–H and O–H groups in total. The van der Waals surface area contributed by atoms with Crippen LogP contribution in [0.25, 0.3) is 0 Å². The number of likely N-dealkylation sites (N-methyl/N-ethyl adjacent to an activating group) is 1. The fraction of sp³-hybridized carbons (Fsp3) is 0.409. The zero-order chi connectivity index (χ0) is 23.0. The van der Waals surface area contributed by atoms with E-state index in [9.17, 15) is 34.8 Å². The van der Waals surface area contributed by atoms with Crippen molar-refractivity contribution in [3.8, 4) is 5.75 Å². The number of nitrogens with two attached hydrogens (primary N) is 1. The molecule has 0 bridgehead atoms. The molecule has 0 aromatic heterocycles. The topological polar surface area (TPSA) is 161 Å². The lowest BCUT2D eigenvalue weighted by molar-refractivity contribution is -0.135. The van der Waals surface area contributed by atoms with Gasteiger partial charge in [0.05, 0.1) is 17.2 Å². The van der Waals surface area contributed by atoms with Gasteiger partial charge >= 0.3 is 0 Å². The average Bonchev–Trinajstić information content (AvgIpc) is 2.66. The number of ketones is 2. The monoisotopic (exact) mass is 428 g/mol. The molecule has 1 aromatic carbocycles. The third-order valence-electron chi connectivity index (χ3n) is 6.88. The maximum atomic E-state index is 13.3. The molecule has 1 aromatic rings. The van der Waals surface area contributed by atoms with Gasteiger partial charge in [0.2, 0.25) is 0 Å². The molecule has 0 saturated carbocycles. The number of fused-ring (bicyclic) bond motifs is 3. The van der Waals surface area contributed by atoms with E-state index >= 15 is 0 Å². The first kappa shape index (κ1) is 21.2. The number of phenols is 1. The largest absolute Gasteiger partial charge is 0.508 e. The van der Waals surface area contributed by atoms with E-state index < -0.39 is 57.9 Å². The van der Waals surface area contributed by atoms with Crippen molar-refractivity contribution in [1.82, 2.24) is 4.90 Å². The van der Waals surface area contributed by atoms with Gasteiger partial charge in [0, 0.05) is 17.4 Å². The number of aliphatic hydroxyl groups excluding tert-OH is 1. The molecule has 31 heavy (non-hydrogen) atoms. The number of benzene rings is 1. The van der Waals surface area contributed by atoms with E-state index in [1.54, 1.807) is 20.2 Å². The van der Waals surface area contributed by atoms with Crippen LogP contribution in [0.15, 0.2) is 41.2 Å². The molecule has 4 rings (SSSR count). The molecule has 0 unspecified atom stereocenters. The van der Waals surface area contributed by atoms with Gasteiger partial charge in [-0.15, -0.1) is 0 Å². The number of carbonyl (C=O) groups is 3. The summed E-state index contributed by atoms with van der Waals surface area (Å²) in [5.74, 6) is -5.55. The summed E-state index contributed by atoms with van der Waals surface area (Å²) in [4.78, 5) is 39.7. The van der Waals surface area contributed by atoms with Gasteiger partial charge in [-0.3, -0.25) is 19.3 Å². The molecule has 164 valence electrons. The third kappa shape index (κ3) is 2.63. The molecular weight excluding hydrogens is 404 g/mol. The number of amides is 1. The number of aromatic hydroxyl groups is 1. The summed E-state index contributed by atoms with van der Waals surface area (Å²) in [7, 11) is 3.17. The Morgan fingerprint density at radius 3 is 2.42 bits per heavy atom. The van der Waals surface area contributed by atoms with Crippen molar-refractivity contribution in [2.45, 2.75) is 30.6 Å². The molecule has 0 heterocycles. The van der Waals surface area contributed by atoms with Crippen LogP contribution in [0.4, 0.5) is 0 Å². The van der Waals surface area contributed by atoms with Crippen molar-refractivity contribution in [3.63, 3.8) is 0 Å². The van der Waals surface area contributed by atoms with Crippen LogP contribution in [-0.2, 0) is 15.2 Å². The Bertz CT molecular complexity index is 1100. The zero-order valence-electron chi connectivity index (χ0n) is 17.3. The van der Waals surface area contributed by atoms with E-state index in [2.05, 4.69) is 0 Å². The quantitative estimate of drug-likeness (QED) is 0.408. The van der Waals surface area contributed by atoms with E-state index in [1.807, 2.05) is 0 Å². The fourth-order valence-electron chi connectivity index (χ4n) is 5.39. The zero-order valence-corrected chi connectivity index (χ0v) is 17.3. The molecule has 0 spiro atoms. The first-order valence-electron chi connectivity index (χ1n) is 9.82. The highest BCUT2D eigenvalue weighted by molar-refractivity contribution is 6.22. The van der Waals surface area contributed by atoms with Gasteiger partial charge in [-0.25, -0.2) is 0 Å². The van der Waals surface area contributed by atoms with Gasteiger partial charge in [-0.05, 0) is 45.1 Å². The molecular formula is C22H24N2O7. The van der Waals surface area contributed by atoms with Crippen molar-refractivity contribution >= 4 is 17.5 Å². The van der Waals surface area contributed by atoms with Crippen LogP contribution in [-0.4, -0.2) is 68.5 Å². The summed E-state index contributed by atoms with van der Waals surface area (Å²) < 4.78 is 0. The van der Waals surface area contributed by atoms with E-state index in [-0.39, 0.29) is 28.9 Å². The SMILES string of the molecule is CN(C)[C@@H]1C(=O)C(C(N)=O)=C(O)[C@@]2(O)C=C3C(=O)c4c(O)cccc4[C@@](C)(O)[C@H]3C[C@@H]12. The highest BCUT2D eigenvalue weighted by Crippen LogP contribution is 2.54. The van der Waals surface area contributed by atoms with E-state index in [0.29, 0.717) is 0 Å². The molecule has 5 atom stereocenters. The minimum absolute atomic E-state index is 0.0139. The molecule has 0 radical (unpaired) electrons. The molecule has 9 nitrogen and oxygen atoms in total. The van der Waals surface area contributed by atoms with Gasteiger partial charge in [0.1, 0.15) is 22.7 Å². The number of phenolic OH excluding ortho intramolecular Hbond substituents is 1. The fourth-order valence-corrected chi connectivity index (χ4v) is 5.39. The van der Waals surface area contributed by atoms with Crippen molar-refractivity contribution in [3.05, 3.63) is 52.3 Å². The molecule has 3 aliphatic rings. The maximum Gasteiger partial charge on any atom is 0.255 e. The predicted octanol–water partition coefficient (Wildman–Crippen LogP) is -0.100. The summed E-state index contributed by atoms with van der Waals surface area (Å²) in [6, 6.07) is 3.35. The van der Waals surface area contributed by atoms with Gasteiger partial charge in [-0.1, -0.05) is 12.1 Å². The number of Topliss-reactive ketones (excluding diaryl/α,β-unsaturated/α-hetero) is 2. The minimum atomic E-state index is -2.23. The standard InChI is InChI=1S/C22H24N2O7/c1-21(30)10-5-4-6-13(25)14(10)17(26)9-8-22(31)12(7-11(9)21)16(24(2)3)18(27)15(19(22)28)20(23)29/h4-6,8,11-12,16,25,28,30-31H,7H2,1-3H3,(H2,23,29)/t11-,12-,16-,21+,22+/m0/s1. The Labute approximate surface area is 178 Å². The lowest BCUT2D eigenvalue weighted by atomic mass is 9.56. The van der Waals surface area contributed by atoms with Crippen molar-refractivity contribution in [2.24, 2.45) is 17.6 Å². The van der Waals surface area contributed by atoms with Crippen molar-refractivity contribution in [1.29, 1.82) is 0 Å². The van der Waals surface area contributed by atoms with Crippen LogP contribution in [0, 0.1) is 11.8 Å². The highest BCUT2D eigenvalue weighted by Gasteiger charge is 2.61. The molecule has 9 heteroatoms. The van der Waals surface area contributed by atoms with Crippen molar-refractivity contribution < 1.29 is 34.8 Å². The number of hydrogen-bond donors (Lipinski definition) is 5. The van der Waals surface area contributed by atoms with E-state index in [0.717, 1.165) is 6.08 Å². The van der Waals surface area contributed by atoms with Crippen LogP contribution in [0.1, 0.15) is 29.3 Å². The number of carbonyl (C=O) groups excluding carboxylic acids is 3. The lowest BCUT2D eigenvalue weighted by Gasteiger charge is -2.52. The molecule has 0 fully saturated rings. The molecule has 0 saturated heterocycles. The number of rotatable bonds is 2. The van der Waals surface area contributed by atoms with Crippen LogP contribution in [0.3, 0.4) is 0 Å². The van der Waals surface area contributed by atoms with Gasteiger partial charge in [0.15, 0.2) is 11.6 Å². The summed E-state index contributed by atoms with van der Waals surface area (Å²) in [6.45, 7) is 1.50. The van der Waals surface area contributed by atoms with Gasteiger partial charge in [0.25, 0.3) is 5.91 Å². The number of aliphatic hydroxyl groups is 3. The number of nitrogens with zero attached hydrogens (tertiary/aromatic N) is 1. The Kier molecular flexibility index (Phi) is 4.45. The Hall–Kier alpha value is -3.01. The van der Waals surface area contributed by atoms with Crippen LogP contribution >= 0.6 is 0 Å². The second kappa shape index (κ2) is 6.49. The average molecular weight is 428 g/mol. The van der Waals surface area contributed by atoms with Crippen LogP contribution in [0.5, 0.6) is 5.75 Å². The van der Waals surface area contributed by atoms with Crippen molar-refractivity contribution in [2.75, 3.05) is 14.1 Å². The second-order valence-corrected chi connectivity index (χ2v) is 8.86.